The predicted molar refractivity (Wildman–Crippen MR) is 50.8 cm³/mol. The third-order valence-corrected chi connectivity index (χ3v) is 1.03. The average molecular weight is 182 g/mol. The van der Waals surface area contributed by atoms with Crippen LogP contribution in [0.2, 0.25) is 0 Å². The summed E-state index contributed by atoms with van der Waals surface area (Å²) < 4.78 is 0. The molecule has 0 bridgehead atoms. The molecule has 0 saturated heterocycles. The Bertz CT molecular complexity index is 186. The number of nitrogens with zero attached hydrogens (tertiary/aromatic N) is 2. The summed E-state index contributed by atoms with van der Waals surface area (Å²) in [4.78, 5) is 24.2. The molecule has 4 heteroatoms. The van der Waals surface area contributed by atoms with Gasteiger partial charge in [-0.15, -0.1) is 6.58 Å². The molecular formula is C9H14N2O2. The molecule has 0 aromatic heterocycles. The Morgan fingerprint density at radius 3 is 2.08 bits per heavy atom. The summed E-state index contributed by atoms with van der Waals surface area (Å²) in [6, 6.07) is 0. The molecule has 0 spiro atoms. The van der Waals surface area contributed by atoms with Crippen LogP contribution in [-0.4, -0.2) is 18.8 Å². The normalized spacial score (nSPS) is 6.85. The standard InChI is InChI=1S/C6H12.C3H2N2O2/c1-3-5-6-4-2;6-2-4-1-5-3-7/h3H,1,4-6H2,2H3;1H2. The van der Waals surface area contributed by atoms with Crippen LogP contribution in [0.25, 0.3) is 0 Å². The molecule has 0 aliphatic heterocycles. The summed E-state index contributed by atoms with van der Waals surface area (Å²) in [6.45, 7) is 5.62. The third-order valence-electron chi connectivity index (χ3n) is 1.03. The second-order valence-electron chi connectivity index (χ2n) is 2.07. The van der Waals surface area contributed by atoms with Crippen molar-refractivity contribution >= 4 is 12.2 Å². The molecule has 0 aromatic rings. The smallest absolute Gasteiger partial charge is 0.211 e. The van der Waals surface area contributed by atoms with Gasteiger partial charge in [0.25, 0.3) is 0 Å². The monoisotopic (exact) mass is 182 g/mol. The Morgan fingerprint density at radius 1 is 1.31 bits per heavy atom. The minimum Gasteiger partial charge on any atom is -0.211 e. The van der Waals surface area contributed by atoms with Gasteiger partial charge in [0.15, 0.2) is 6.67 Å². The van der Waals surface area contributed by atoms with Crippen molar-refractivity contribution in [2.75, 3.05) is 6.67 Å². The van der Waals surface area contributed by atoms with E-state index in [0.717, 1.165) is 0 Å². The zero-order valence-electron chi connectivity index (χ0n) is 7.82. The molecular weight excluding hydrogens is 168 g/mol. The van der Waals surface area contributed by atoms with E-state index in [1.807, 2.05) is 6.08 Å². The molecule has 0 saturated carbocycles. The number of carbonyl (C=O) groups excluding carboxylic acids is 2. The molecule has 0 heterocycles. The molecule has 0 N–H and O–H groups in total. The van der Waals surface area contributed by atoms with Crippen LogP contribution in [0, 0.1) is 0 Å². The summed E-state index contributed by atoms with van der Waals surface area (Å²) in [5, 5.41) is 0. The van der Waals surface area contributed by atoms with E-state index in [0.29, 0.717) is 0 Å². The van der Waals surface area contributed by atoms with Gasteiger partial charge in [-0.3, -0.25) is 0 Å². The summed E-state index contributed by atoms with van der Waals surface area (Å²) in [7, 11) is 0. The van der Waals surface area contributed by atoms with Crippen LogP contribution < -0.4 is 0 Å². The maximum atomic E-state index is 9.20. The van der Waals surface area contributed by atoms with Crippen molar-refractivity contribution in [2.45, 2.75) is 26.2 Å². The molecule has 0 unspecified atom stereocenters. The fraction of sp³-hybridized carbons (Fsp3) is 0.556. The van der Waals surface area contributed by atoms with Gasteiger partial charge in [0.05, 0.1) is 0 Å². The molecule has 13 heavy (non-hydrogen) atoms. The number of unbranched alkanes of at least 4 members (excludes halogenated alkanes) is 2. The third kappa shape index (κ3) is 25.1. The Labute approximate surface area is 78.1 Å². The Balaban J connectivity index is 0. The lowest BCUT2D eigenvalue weighted by Gasteiger charge is -1.81. The van der Waals surface area contributed by atoms with E-state index in [1.54, 1.807) is 0 Å². The highest BCUT2D eigenvalue weighted by atomic mass is 16.1. The van der Waals surface area contributed by atoms with E-state index in [9.17, 15) is 9.59 Å². The van der Waals surface area contributed by atoms with E-state index in [2.05, 4.69) is 23.5 Å². The van der Waals surface area contributed by atoms with Gasteiger partial charge in [-0.1, -0.05) is 25.8 Å². The largest absolute Gasteiger partial charge is 0.236 e. The first-order chi connectivity index (χ1) is 6.33. The lowest BCUT2D eigenvalue weighted by molar-refractivity contribution is 0.560. The number of hydrogen-bond donors (Lipinski definition) is 0. The molecule has 0 atom stereocenters. The maximum absolute atomic E-state index is 9.20. The van der Waals surface area contributed by atoms with Crippen LogP contribution >= 0.6 is 0 Å². The Morgan fingerprint density at radius 2 is 1.85 bits per heavy atom. The van der Waals surface area contributed by atoms with E-state index < -0.39 is 0 Å². The van der Waals surface area contributed by atoms with Gasteiger partial charge >= 0.3 is 0 Å². The highest BCUT2D eigenvalue weighted by Gasteiger charge is 1.71. The van der Waals surface area contributed by atoms with Crippen molar-refractivity contribution in [1.29, 1.82) is 0 Å². The predicted octanol–water partition coefficient (Wildman–Crippen LogP) is 1.98. The minimum atomic E-state index is -0.160. The molecule has 0 amide bonds. The van der Waals surface area contributed by atoms with Crippen molar-refractivity contribution in [3.8, 4) is 0 Å². The minimum absolute atomic E-state index is 0.160. The summed E-state index contributed by atoms with van der Waals surface area (Å²) >= 11 is 0. The summed E-state index contributed by atoms with van der Waals surface area (Å²) in [5.74, 6) is 0. The second kappa shape index (κ2) is 16.8. The van der Waals surface area contributed by atoms with Gasteiger partial charge in [0.2, 0.25) is 12.2 Å². The maximum Gasteiger partial charge on any atom is 0.236 e. The highest BCUT2D eigenvalue weighted by molar-refractivity contribution is 5.35. The first kappa shape index (κ1) is 14.0. The topological polar surface area (TPSA) is 58.9 Å². The van der Waals surface area contributed by atoms with Crippen LogP contribution in [0.4, 0.5) is 0 Å². The van der Waals surface area contributed by atoms with E-state index >= 15 is 0 Å². The fourth-order valence-electron chi connectivity index (χ4n) is 0.442. The number of isocyanates is 2. The number of aliphatic imine (C=N–C) groups is 2. The molecule has 72 valence electrons. The molecule has 0 fully saturated rings. The zero-order valence-corrected chi connectivity index (χ0v) is 7.82. The SMILES string of the molecule is C=CCCCC.O=C=NCN=C=O. The zero-order chi connectivity index (χ0) is 10.4. The van der Waals surface area contributed by atoms with E-state index in [4.69, 9.17) is 0 Å². The van der Waals surface area contributed by atoms with Crippen LogP contribution in [0.15, 0.2) is 22.6 Å². The van der Waals surface area contributed by atoms with Crippen LogP contribution in [0.3, 0.4) is 0 Å². The van der Waals surface area contributed by atoms with Crippen molar-refractivity contribution in [2.24, 2.45) is 9.98 Å². The van der Waals surface area contributed by atoms with Crippen molar-refractivity contribution in [1.82, 2.24) is 0 Å². The average Bonchev–Trinajstić information content (AvgIpc) is 2.17. The van der Waals surface area contributed by atoms with Gasteiger partial charge in [-0.05, 0) is 6.42 Å². The lowest BCUT2D eigenvalue weighted by Crippen LogP contribution is -1.66. The van der Waals surface area contributed by atoms with Gasteiger partial charge in [0.1, 0.15) is 0 Å². The summed E-state index contributed by atoms with van der Waals surface area (Å²) in [6.07, 6.45) is 8.13. The van der Waals surface area contributed by atoms with Crippen molar-refractivity contribution < 1.29 is 9.59 Å². The number of hydrogen-bond acceptors (Lipinski definition) is 4. The number of allylic oxidation sites excluding steroid dienone is 1. The van der Waals surface area contributed by atoms with Gasteiger partial charge < -0.3 is 0 Å². The van der Waals surface area contributed by atoms with Crippen LogP contribution in [0.1, 0.15) is 26.2 Å². The highest BCUT2D eigenvalue weighted by Crippen LogP contribution is 1.91. The fourth-order valence-corrected chi connectivity index (χ4v) is 0.442. The number of rotatable bonds is 5. The van der Waals surface area contributed by atoms with Crippen molar-refractivity contribution in [3.63, 3.8) is 0 Å². The first-order valence-electron chi connectivity index (χ1n) is 4.01. The van der Waals surface area contributed by atoms with Crippen molar-refractivity contribution in [3.05, 3.63) is 12.7 Å². The Hall–Kier alpha value is -1.50. The Kier molecular flexibility index (Phi) is 18.2. The van der Waals surface area contributed by atoms with Gasteiger partial charge in [0, 0.05) is 0 Å². The quantitative estimate of drug-likeness (QED) is 0.282. The van der Waals surface area contributed by atoms with Crippen LogP contribution in [0.5, 0.6) is 0 Å². The van der Waals surface area contributed by atoms with E-state index in [1.165, 1.54) is 31.4 Å². The van der Waals surface area contributed by atoms with Gasteiger partial charge in [-0.2, -0.15) is 9.98 Å². The molecule has 0 aliphatic carbocycles. The molecule has 0 radical (unpaired) electrons. The molecule has 0 rings (SSSR count). The van der Waals surface area contributed by atoms with E-state index in [-0.39, 0.29) is 6.67 Å². The lowest BCUT2D eigenvalue weighted by atomic mass is 10.3. The second-order valence-corrected chi connectivity index (χ2v) is 2.07. The molecule has 0 aliphatic rings. The summed E-state index contributed by atoms with van der Waals surface area (Å²) in [5.41, 5.74) is 0. The van der Waals surface area contributed by atoms with Gasteiger partial charge in [-0.25, -0.2) is 9.59 Å². The first-order valence-corrected chi connectivity index (χ1v) is 4.01. The molecule has 4 nitrogen and oxygen atoms in total. The van der Waals surface area contributed by atoms with Crippen LogP contribution in [-0.2, 0) is 9.59 Å². The molecule has 0 aromatic carbocycles.